The molecular weight excluding hydrogens is 791 g/mol. The fourth-order valence-electron chi connectivity index (χ4n) is 8.87. The van der Waals surface area contributed by atoms with Gasteiger partial charge in [0.05, 0.1) is 0 Å². The normalized spacial score (nSPS) is 19.4. The van der Waals surface area contributed by atoms with E-state index in [-0.39, 0.29) is 68.3 Å². The second kappa shape index (κ2) is 19.9. The van der Waals surface area contributed by atoms with Crippen molar-refractivity contribution in [3.63, 3.8) is 0 Å². The molecule has 272 valence electrons. The Morgan fingerprint density at radius 3 is 1.17 bits per heavy atom. The molecule has 4 aliphatic carbocycles. The molecule has 0 amide bonds. The molecule has 0 saturated heterocycles. The van der Waals surface area contributed by atoms with Gasteiger partial charge in [-0.3, -0.25) is 12.2 Å². The Balaban J connectivity index is 0.00000243. The van der Waals surface area contributed by atoms with Crippen molar-refractivity contribution in [2.75, 3.05) is 0 Å². The maximum Gasteiger partial charge on any atom is 4.00 e. The number of rotatable bonds is 16. The van der Waals surface area contributed by atoms with Crippen LogP contribution in [-0.4, -0.2) is 9.73 Å². The molecule has 2 atom stereocenters. The van der Waals surface area contributed by atoms with Crippen LogP contribution in [0, 0.1) is 29.4 Å². The van der Waals surface area contributed by atoms with E-state index in [0.29, 0.717) is 0 Å². The minimum absolute atomic E-state index is 0. The molecule has 0 spiro atoms. The van der Waals surface area contributed by atoms with Gasteiger partial charge in [0.2, 0.25) is 0 Å². The third-order valence-electron chi connectivity index (χ3n) is 11.2. The van der Waals surface area contributed by atoms with Gasteiger partial charge < -0.3 is 24.8 Å². The molecular formula is C47H54Cl2S2Zr. The third kappa shape index (κ3) is 8.36. The largest absolute Gasteiger partial charge is 4.00 e. The summed E-state index contributed by atoms with van der Waals surface area (Å²) in [6, 6.07) is 22.4. The number of benzene rings is 2. The number of unbranched alkanes of at least 4 members (excludes halogenated alkanes) is 4. The predicted molar refractivity (Wildman–Crippen MR) is 218 cm³/mol. The fraction of sp³-hybridized carbons (Fsp3) is 0.447. The zero-order chi connectivity index (χ0) is 34.7. The van der Waals surface area contributed by atoms with Crippen LogP contribution < -0.4 is 24.8 Å². The first-order valence-electron chi connectivity index (χ1n) is 19.2. The van der Waals surface area contributed by atoms with Crippen molar-refractivity contribution in [1.82, 2.24) is 0 Å². The summed E-state index contributed by atoms with van der Waals surface area (Å²) in [6.45, 7) is 14.2. The molecule has 0 heterocycles. The van der Waals surface area contributed by atoms with Gasteiger partial charge in [-0.2, -0.15) is 0 Å². The maximum absolute atomic E-state index is 6.41. The Labute approximate surface area is 357 Å². The van der Waals surface area contributed by atoms with E-state index in [1.807, 2.05) is 0 Å². The number of halogens is 2. The van der Waals surface area contributed by atoms with Crippen LogP contribution in [0.1, 0.15) is 130 Å². The summed E-state index contributed by atoms with van der Waals surface area (Å²) in [7, 11) is 0. The van der Waals surface area contributed by atoms with Crippen LogP contribution in [-0.2, 0) is 26.2 Å². The average Bonchev–Trinajstić information content (AvgIpc) is 3.82. The Morgan fingerprint density at radius 1 is 0.519 bits per heavy atom. The van der Waals surface area contributed by atoms with E-state index in [9.17, 15) is 0 Å². The molecule has 0 saturated carbocycles. The maximum atomic E-state index is 6.41. The van der Waals surface area contributed by atoms with Gasteiger partial charge in [0.25, 0.3) is 0 Å². The predicted octanol–water partition coefficient (Wildman–Crippen LogP) is 7.77. The van der Waals surface area contributed by atoms with Crippen LogP contribution in [0.2, 0.25) is 0 Å². The number of hydrogen-bond acceptors (Lipinski definition) is 2. The van der Waals surface area contributed by atoms with E-state index in [2.05, 4.69) is 114 Å². The van der Waals surface area contributed by atoms with Gasteiger partial charge in [-0.25, -0.2) is 35.6 Å². The number of thiocarbonyl (C=S) groups is 2. The Morgan fingerprint density at radius 2 is 0.846 bits per heavy atom. The second-order valence-electron chi connectivity index (χ2n) is 14.9. The monoisotopic (exact) mass is 842 g/mol. The molecule has 0 bridgehead atoms. The van der Waals surface area contributed by atoms with Crippen LogP contribution in [0.5, 0.6) is 0 Å². The van der Waals surface area contributed by atoms with E-state index < -0.39 is 0 Å². The van der Waals surface area contributed by atoms with Crippen LogP contribution >= 0.6 is 24.4 Å². The molecule has 4 aliphatic rings. The zero-order valence-corrected chi connectivity index (χ0v) is 37.6. The first kappa shape index (κ1) is 44.9. The minimum Gasteiger partial charge on any atom is -1.00 e. The van der Waals surface area contributed by atoms with Gasteiger partial charge in [-0.15, -0.1) is 20.9 Å². The Bertz CT molecular complexity index is 1670. The van der Waals surface area contributed by atoms with Gasteiger partial charge in [-0.05, 0) is 59.1 Å². The first-order chi connectivity index (χ1) is 23.8. The van der Waals surface area contributed by atoms with Crippen molar-refractivity contribution < 1.29 is 51.0 Å². The molecule has 0 radical (unpaired) electrons. The summed E-state index contributed by atoms with van der Waals surface area (Å²) in [6.07, 6.45) is 21.5. The quantitative estimate of drug-likeness (QED) is 0.125. The van der Waals surface area contributed by atoms with Crippen molar-refractivity contribution in [2.45, 2.75) is 119 Å². The summed E-state index contributed by atoms with van der Waals surface area (Å²) >= 11 is 12.8. The van der Waals surface area contributed by atoms with Crippen molar-refractivity contribution in [1.29, 1.82) is 0 Å². The van der Waals surface area contributed by atoms with E-state index >= 15 is 0 Å². The molecule has 2 aromatic carbocycles. The van der Waals surface area contributed by atoms with E-state index in [0.717, 1.165) is 73.9 Å². The van der Waals surface area contributed by atoms with Gasteiger partial charge in [0, 0.05) is 5.41 Å². The van der Waals surface area contributed by atoms with Crippen molar-refractivity contribution in [3.8, 4) is 0 Å². The van der Waals surface area contributed by atoms with Gasteiger partial charge in [0.1, 0.15) is 0 Å². The SMILES string of the molecule is CCCCC1=[C-]C2C(=C(CCCC)C(C(C)(C)C3=C(c4ccccc4)C4[C-]=C(CCCC)C(=S)C4=C3CCCC)=C2c2ccccc2)C1=S.[Cl-].[Cl-].[Zr+4]. The summed E-state index contributed by atoms with van der Waals surface area (Å²) in [5, 5.41) is 0. The van der Waals surface area contributed by atoms with Crippen LogP contribution in [0.4, 0.5) is 0 Å². The first-order valence-corrected chi connectivity index (χ1v) is 20.0. The molecule has 0 nitrogen and oxygen atoms in total. The fourth-order valence-corrected chi connectivity index (χ4v) is 9.67. The topological polar surface area (TPSA) is 0 Å². The number of hydrogen-bond donors (Lipinski definition) is 0. The van der Waals surface area contributed by atoms with Crippen molar-refractivity contribution in [3.05, 3.63) is 129 Å². The summed E-state index contributed by atoms with van der Waals surface area (Å²) in [4.78, 5) is 2.15. The summed E-state index contributed by atoms with van der Waals surface area (Å²) < 4.78 is 0. The zero-order valence-electron chi connectivity index (χ0n) is 32.0. The van der Waals surface area contributed by atoms with E-state index in [4.69, 9.17) is 24.4 Å². The van der Waals surface area contributed by atoms with Crippen LogP contribution in [0.25, 0.3) is 11.1 Å². The molecule has 0 aromatic heterocycles. The van der Waals surface area contributed by atoms with Crippen molar-refractivity contribution >= 4 is 45.3 Å². The minimum atomic E-state index is -0.293. The van der Waals surface area contributed by atoms with E-state index in [1.54, 1.807) is 0 Å². The summed E-state index contributed by atoms with van der Waals surface area (Å²) in [5.41, 5.74) is 16.4. The molecule has 0 fully saturated rings. The molecule has 0 N–H and O–H groups in total. The molecule has 2 aromatic rings. The van der Waals surface area contributed by atoms with E-state index in [1.165, 1.54) is 79.7 Å². The number of fused-ring (bicyclic) bond motifs is 2. The van der Waals surface area contributed by atoms with Crippen molar-refractivity contribution in [2.24, 2.45) is 17.3 Å². The Kier molecular flexibility index (Phi) is 17.2. The molecule has 2 unspecified atom stereocenters. The molecule has 0 aliphatic heterocycles. The smallest absolute Gasteiger partial charge is 1.00 e. The standard InChI is InChI=1S/C47H54S2.2ClH.Zr/c1-7-11-21-33-29-37-39(31-23-17-15-18-24-31)43(35(27-13-9-3)41(37)45(33)48)47(5,6)44-36(28-14-10-4)42-38(30-34(46(42)49)22-12-8-2)40(44)32-25-19-16-20-26-32;;;/h15-20,23-26,37-38H,7-14,21-22,27-28H2,1-6H3;2*1H;/q-2;;;+4/p-2. The summed E-state index contributed by atoms with van der Waals surface area (Å²) in [5.74, 6) is 0.203. The third-order valence-corrected chi connectivity index (χ3v) is 12.1. The Hall–Kier alpha value is -1.48. The number of allylic oxidation sites excluding steroid dienone is 12. The van der Waals surface area contributed by atoms with Crippen LogP contribution in [0.3, 0.4) is 0 Å². The van der Waals surface area contributed by atoms with Crippen LogP contribution in [0.15, 0.2) is 105 Å². The van der Waals surface area contributed by atoms with Gasteiger partial charge >= 0.3 is 26.2 Å². The molecule has 5 heteroatoms. The van der Waals surface area contributed by atoms with Gasteiger partial charge in [-0.1, -0.05) is 177 Å². The molecule has 6 rings (SSSR count). The average molecular weight is 845 g/mol. The molecule has 52 heavy (non-hydrogen) atoms. The second-order valence-corrected chi connectivity index (χ2v) is 15.7. The van der Waals surface area contributed by atoms with Gasteiger partial charge in [0.15, 0.2) is 0 Å².